The van der Waals surface area contributed by atoms with Crippen molar-refractivity contribution >= 4 is 55.7 Å². The summed E-state index contributed by atoms with van der Waals surface area (Å²) in [5, 5.41) is 6.15. The molecule has 1 aromatic carbocycles. The van der Waals surface area contributed by atoms with Gasteiger partial charge in [-0.05, 0) is 18.6 Å². The molecular formula is C16H16N4OS3. The molecule has 0 aliphatic carbocycles. The highest BCUT2D eigenvalue weighted by atomic mass is 32.2. The van der Waals surface area contributed by atoms with E-state index in [4.69, 9.17) is 0 Å². The summed E-state index contributed by atoms with van der Waals surface area (Å²) < 4.78 is 2.11. The van der Waals surface area contributed by atoms with Crippen LogP contribution in [0.2, 0.25) is 0 Å². The molecule has 5 nitrogen and oxygen atoms in total. The van der Waals surface area contributed by atoms with E-state index in [0.717, 1.165) is 39.2 Å². The predicted molar refractivity (Wildman–Crippen MR) is 101 cm³/mol. The van der Waals surface area contributed by atoms with E-state index < -0.39 is 0 Å². The Hall–Kier alpha value is -1.64. The first-order valence-corrected chi connectivity index (χ1v) is 10.4. The van der Waals surface area contributed by atoms with Crippen molar-refractivity contribution in [2.24, 2.45) is 0 Å². The Labute approximate surface area is 152 Å². The summed E-state index contributed by atoms with van der Waals surface area (Å²) in [5.74, 6) is 0.485. The Morgan fingerprint density at radius 1 is 1.42 bits per heavy atom. The number of carbonyl (C=O) groups is 1. The van der Waals surface area contributed by atoms with Crippen molar-refractivity contribution in [1.82, 2.24) is 15.3 Å². The van der Waals surface area contributed by atoms with Gasteiger partial charge in [-0.15, -0.1) is 22.7 Å². The molecule has 1 amide bonds. The molecule has 1 aliphatic heterocycles. The maximum Gasteiger partial charge on any atom is 0.230 e. The van der Waals surface area contributed by atoms with Crippen LogP contribution in [0.4, 0.5) is 5.13 Å². The summed E-state index contributed by atoms with van der Waals surface area (Å²) >= 11 is 4.79. The van der Waals surface area contributed by atoms with E-state index in [-0.39, 0.29) is 11.9 Å². The second-order valence-electron chi connectivity index (χ2n) is 5.55. The van der Waals surface area contributed by atoms with E-state index in [9.17, 15) is 4.79 Å². The van der Waals surface area contributed by atoms with Crippen molar-refractivity contribution in [3.8, 4) is 0 Å². The third-order valence-corrected chi connectivity index (χ3v) is 6.86. The lowest BCUT2D eigenvalue weighted by Gasteiger charge is -2.15. The molecule has 0 bridgehead atoms. The molecule has 1 unspecified atom stereocenters. The number of fused-ring (bicyclic) bond motifs is 1. The fourth-order valence-electron chi connectivity index (χ4n) is 2.73. The first kappa shape index (κ1) is 15.9. The summed E-state index contributed by atoms with van der Waals surface area (Å²) in [5.41, 5.74) is 1.00. The van der Waals surface area contributed by atoms with E-state index in [1.54, 1.807) is 22.7 Å². The largest absolute Gasteiger partial charge is 0.351 e. The fourth-order valence-corrected chi connectivity index (χ4v) is 5.29. The zero-order chi connectivity index (χ0) is 16.4. The number of hydrogen-bond acceptors (Lipinski definition) is 7. The van der Waals surface area contributed by atoms with E-state index in [0.29, 0.717) is 5.75 Å². The van der Waals surface area contributed by atoms with Crippen LogP contribution in [-0.2, 0) is 4.79 Å². The molecular weight excluding hydrogens is 360 g/mol. The van der Waals surface area contributed by atoms with E-state index >= 15 is 0 Å². The number of para-hydroxylation sites is 1. The number of anilines is 1. The lowest BCUT2D eigenvalue weighted by Crippen LogP contribution is -2.38. The standard InChI is InChI=1S/C16H16N4OS3/c21-14(10-23-16-19-12-3-1-2-4-13(12)24-16)18-11-5-7-20(9-11)15-17-6-8-22-15/h1-4,6,8,11H,5,7,9-10H2,(H,18,21). The lowest BCUT2D eigenvalue weighted by molar-refractivity contribution is -0.119. The van der Waals surface area contributed by atoms with Crippen molar-refractivity contribution in [2.75, 3.05) is 23.7 Å². The summed E-state index contributed by atoms with van der Waals surface area (Å²) in [7, 11) is 0. The number of carbonyl (C=O) groups excluding carboxylic acids is 1. The van der Waals surface area contributed by atoms with Gasteiger partial charge >= 0.3 is 0 Å². The molecule has 3 aromatic rings. The lowest BCUT2D eigenvalue weighted by atomic mass is 10.3. The summed E-state index contributed by atoms with van der Waals surface area (Å²) in [4.78, 5) is 23.3. The smallest absolute Gasteiger partial charge is 0.230 e. The number of thiazole rings is 2. The van der Waals surface area contributed by atoms with Crippen molar-refractivity contribution < 1.29 is 4.79 Å². The number of aromatic nitrogens is 2. The maximum absolute atomic E-state index is 12.2. The van der Waals surface area contributed by atoms with Crippen LogP contribution < -0.4 is 10.2 Å². The molecule has 0 saturated carbocycles. The molecule has 1 fully saturated rings. The Bertz CT molecular complexity index is 800. The zero-order valence-electron chi connectivity index (χ0n) is 12.8. The van der Waals surface area contributed by atoms with Crippen LogP contribution in [0.5, 0.6) is 0 Å². The number of nitrogens with one attached hydrogen (secondary N) is 1. The van der Waals surface area contributed by atoms with Crippen molar-refractivity contribution in [2.45, 2.75) is 16.8 Å². The number of thioether (sulfide) groups is 1. The van der Waals surface area contributed by atoms with Gasteiger partial charge in [0.05, 0.1) is 16.0 Å². The highest BCUT2D eigenvalue weighted by Crippen LogP contribution is 2.29. The van der Waals surface area contributed by atoms with Crippen LogP contribution in [0, 0.1) is 0 Å². The van der Waals surface area contributed by atoms with E-state index in [1.165, 1.54) is 11.8 Å². The molecule has 1 atom stereocenters. The first-order chi connectivity index (χ1) is 11.8. The molecule has 24 heavy (non-hydrogen) atoms. The number of benzene rings is 1. The van der Waals surface area contributed by atoms with Gasteiger partial charge in [-0.3, -0.25) is 4.79 Å². The number of nitrogens with zero attached hydrogens (tertiary/aromatic N) is 3. The van der Waals surface area contributed by atoms with Crippen LogP contribution in [0.25, 0.3) is 10.2 Å². The topological polar surface area (TPSA) is 58.1 Å². The van der Waals surface area contributed by atoms with Gasteiger partial charge in [0, 0.05) is 30.7 Å². The average Bonchev–Trinajstić information content (AvgIpc) is 3.32. The van der Waals surface area contributed by atoms with Gasteiger partial charge in [0.15, 0.2) is 9.47 Å². The zero-order valence-corrected chi connectivity index (χ0v) is 15.3. The van der Waals surface area contributed by atoms with Crippen molar-refractivity contribution in [3.05, 3.63) is 35.8 Å². The quantitative estimate of drug-likeness (QED) is 0.693. The van der Waals surface area contributed by atoms with Crippen molar-refractivity contribution in [3.63, 3.8) is 0 Å². The molecule has 2 aromatic heterocycles. The molecule has 4 rings (SSSR count). The van der Waals surface area contributed by atoms with Crippen LogP contribution in [0.3, 0.4) is 0 Å². The number of rotatable bonds is 5. The monoisotopic (exact) mass is 376 g/mol. The Kier molecular flexibility index (Phi) is 4.68. The van der Waals surface area contributed by atoms with Gasteiger partial charge in [-0.1, -0.05) is 23.9 Å². The SMILES string of the molecule is O=C(CSc1nc2ccccc2s1)NC1CCN(c2nccs2)C1. The Morgan fingerprint density at radius 3 is 3.17 bits per heavy atom. The van der Waals surface area contributed by atoms with Crippen LogP contribution in [0.1, 0.15) is 6.42 Å². The van der Waals surface area contributed by atoms with Crippen LogP contribution in [0.15, 0.2) is 40.2 Å². The van der Waals surface area contributed by atoms with Gasteiger partial charge in [-0.2, -0.15) is 0 Å². The Balaban J connectivity index is 1.28. The third kappa shape index (κ3) is 3.55. The molecule has 1 N–H and O–H groups in total. The van der Waals surface area contributed by atoms with Gasteiger partial charge < -0.3 is 10.2 Å². The third-order valence-electron chi connectivity index (χ3n) is 3.84. The van der Waals surface area contributed by atoms with Gasteiger partial charge in [0.1, 0.15) is 0 Å². The molecule has 3 heterocycles. The van der Waals surface area contributed by atoms with Crippen LogP contribution >= 0.6 is 34.4 Å². The summed E-state index contributed by atoms with van der Waals surface area (Å²) in [6, 6.07) is 8.26. The van der Waals surface area contributed by atoms with Gasteiger partial charge in [0.25, 0.3) is 0 Å². The molecule has 0 spiro atoms. The minimum absolute atomic E-state index is 0.0743. The highest BCUT2D eigenvalue weighted by Gasteiger charge is 2.25. The highest BCUT2D eigenvalue weighted by molar-refractivity contribution is 8.01. The number of hydrogen-bond donors (Lipinski definition) is 1. The minimum atomic E-state index is 0.0743. The molecule has 1 aliphatic rings. The average molecular weight is 377 g/mol. The summed E-state index contributed by atoms with van der Waals surface area (Å²) in [6.07, 6.45) is 2.79. The minimum Gasteiger partial charge on any atom is -0.351 e. The van der Waals surface area contributed by atoms with E-state index in [2.05, 4.69) is 26.3 Å². The predicted octanol–water partition coefficient (Wildman–Crippen LogP) is 3.24. The van der Waals surface area contributed by atoms with E-state index in [1.807, 2.05) is 29.8 Å². The van der Waals surface area contributed by atoms with Gasteiger partial charge in [0.2, 0.25) is 5.91 Å². The van der Waals surface area contributed by atoms with Gasteiger partial charge in [-0.25, -0.2) is 9.97 Å². The maximum atomic E-state index is 12.2. The molecule has 1 saturated heterocycles. The second-order valence-corrected chi connectivity index (χ2v) is 8.68. The molecule has 124 valence electrons. The second kappa shape index (κ2) is 7.08. The fraction of sp³-hybridized carbons (Fsp3) is 0.312. The number of amides is 1. The Morgan fingerprint density at radius 2 is 2.33 bits per heavy atom. The normalized spacial score (nSPS) is 17.5. The first-order valence-electron chi connectivity index (χ1n) is 7.70. The molecule has 8 heteroatoms. The molecule has 0 radical (unpaired) electrons. The van der Waals surface area contributed by atoms with Crippen LogP contribution in [-0.4, -0.2) is 40.8 Å². The summed E-state index contributed by atoms with van der Waals surface area (Å²) in [6.45, 7) is 1.79. The van der Waals surface area contributed by atoms with Crippen molar-refractivity contribution in [1.29, 1.82) is 0 Å².